The smallest absolute Gasteiger partial charge is 0.253 e. The normalized spacial score (nSPS) is 12.8. The summed E-state index contributed by atoms with van der Waals surface area (Å²) in [4.78, 5) is 14.6. The highest BCUT2D eigenvalue weighted by Gasteiger charge is 2.16. The standard InChI is InChI=1S/C23H23NO2/c1-24(23(25)21-9-8-17-4-3-5-18(17)13-21)15-16-6-7-20-14-22(26-2)11-10-19(20)12-16/h6-14H,3-5,15H2,1-2H3. The number of rotatable bonds is 4. The van der Waals surface area contributed by atoms with E-state index in [9.17, 15) is 4.79 Å². The molecule has 0 atom stereocenters. The molecule has 0 saturated heterocycles. The van der Waals surface area contributed by atoms with Gasteiger partial charge in [-0.05, 0) is 77.1 Å². The summed E-state index contributed by atoms with van der Waals surface area (Å²) in [5, 5.41) is 2.29. The molecule has 1 amide bonds. The van der Waals surface area contributed by atoms with Crippen LogP contribution >= 0.6 is 0 Å². The number of nitrogens with zero attached hydrogens (tertiary/aromatic N) is 1. The molecular weight excluding hydrogens is 322 g/mol. The van der Waals surface area contributed by atoms with Crippen molar-refractivity contribution in [2.75, 3.05) is 14.2 Å². The lowest BCUT2D eigenvalue weighted by atomic mass is 10.0. The number of carbonyl (C=O) groups excluding carboxylic acids is 1. The maximum absolute atomic E-state index is 12.8. The number of fused-ring (bicyclic) bond motifs is 2. The monoisotopic (exact) mass is 345 g/mol. The molecule has 0 heterocycles. The minimum Gasteiger partial charge on any atom is -0.497 e. The third-order valence-electron chi connectivity index (χ3n) is 5.22. The summed E-state index contributed by atoms with van der Waals surface area (Å²) in [5.41, 5.74) is 4.65. The molecule has 0 fully saturated rings. The van der Waals surface area contributed by atoms with Gasteiger partial charge in [0.25, 0.3) is 5.91 Å². The van der Waals surface area contributed by atoms with E-state index >= 15 is 0 Å². The maximum atomic E-state index is 12.8. The Labute approximate surface area is 154 Å². The van der Waals surface area contributed by atoms with E-state index in [1.807, 2.05) is 25.2 Å². The second kappa shape index (κ2) is 6.83. The van der Waals surface area contributed by atoms with Crippen molar-refractivity contribution >= 4 is 16.7 Å². The zero-order valence-corrected chi connectivity index (χ0v) is 15.3. The van der Waals surface area contributed by atoms with Gasteiger partial charge in [-0.15, -0.1) is 0 Å². The third kappa shape index (κ3) is 3.17. The fraction of sp³-hybridized carbons (Fsp3) is 0.261. The average molecular weight is 345 g/mol. The molecule has 1 aliphatic carbocycles. The number of benzene rings is 3. The van der Waals surface area contributed by atoms with Crippen LogP contribution in [0, 0.1) is 0 Å². The number of ether oxygens (including phenoxy) is 1. The summed E-state index contributed by atoms with van der Waals surface area (Å²) in [6.45, 7) is 0.595. The molecule has 132 valence electrons. The summed E-state index contributed by atoms with van der Waals surface area (Å²) < 4.78 is 5.28. The number of carbonyl (C=O) groups is 1. The van der Waals surface area contributed by atoms with Crippen LogP contribution in [0.2, 0.25) is 0 Å². The molecule has 0 saturated carbocycles. The van der Waals surface area contributed by atoms with E-state index < -0.39 is 0 Å². The summed E-state index contributed by atoms with van der Waals surface area (Å²) in [6, 6.07) is 18.5. The molecule has 3 aromatic carbocycles. The van der Waals surface area contributed by atoms with Gasteiger partial charge in [-0.2, -0.15) is 0 Å². The predicted octanol–water partition coefficient (Wildman–Crippen LogP) is 4.61. The van der Waals surface area contributed by atoms with Gasteiger partial charge < -0.3 is 9.64 Å². The molecule has 0 N–H and O–H groups in total. The van der Waals surface area contributed by atoms with E-state index in [0.717, 1.165) is 40.5 Å². The van der Waals surface area contributed by atoms with Gasteiger partial charge in [0.15, 0.2) is 0 Å². The van der Waals surface area contributed by atoms with Gasteiger partial charge in [-0.1, -0.05) is 24.3 Å². The van der Waals surface area contributed by atoms with Crippen molar-refractivity contribution < 1.29 is 9.53 Å². The molecule has 3 heteroatoms. The molecule has 0 aromatic heterocycles. The summed E-state index contributed by atoms with van der Waals surface area (Å²) in [5.74, 6) is 0.934. The van der Waals surface area contributed by atoms with E-state index in [4.69, 9.17) is 4.74 Å². The molecule has 0 unspecified atom stereocenters. The maximum Gasteiger partial charge on any atom is 0.253 e. The van der Waals surface area contributed by atoms with Crippen LogP contribution < -0.4 is 4.74 Å². The van der Waals surface area contributed by atoms with E-state index in [1.54, 1.807) is 12.0 Å². The highest BCUT2D eigenvalue weighted by Crippen LogP contribution is 2.25. The summed E-state index contributed by atoms with van der Waals surface area (Å²) in [6.07, 6.45) is 3.43. The Morgan fingerprint density at radius 1 is 0.962 bits per heavy atom. The second-order valence-electron chi connectivity index (χ2n) is 7.05. The van der Waals surface area contributed by atoms with E-state index in [0.29, 0.717) is 6.54 Å². The van der Waals surface area contributed by atoms with Crippen LogP contribution in [0.5, 0.6) is 5.75 Å². The minimum absolute atomic E-state index is 0.0783. The third-order valence-corrected chi connectivity index (χ3v) is 5.22. The van der Waals surface area contributed by atoms with Crippen molar-refractivity contribution in [3.8, 4) is 5.75 Å². The van der Waals surface area contributed by atoms with Crippen molar-refractivity contribution in [3.05, 3.63) is 76.9 Å². The first kappa shape index (κ1) is 16.6. The molecule has 26 heavy (non-hydrogen) atoms. The zero-order valence-electron chi connectivity index (χ0n) is 15.3. The van der Waals surface area contributed by atoms with E-state index in [-0.39, 0.29) is 5.91 Å². The van der Waals surface area contributed by atoms with Gasteiger partial charge in [0.2, 0.25) is 0 Å². The van der Waals surface area contributed by atoms with Crippen LogP contribution in [-0.2, 0) is 19.4 Å². The van der Waals surface area contributed by atoms with Crippen LogP contribution in [0.15, 0.2) is 54.6 Å². The average Bonchev–Trinajstić information content (AvgIpc) is 3.14. The van der Waals surface area contributed by atoms with Gasteiger partial charge in [-0.3, -0.25) is 4.79 Å². The van der Waals surface area contributed by atoms with Gasteiger partial charge in [0, 0.05) is 19.2 Å². The van der Waals surface area contributed by atoms with Gasteiger partial charge in [0.05, 0.1) is 7.11 Å². The SMILES string of the molecule is COc1ccc2cc(CN(C)C(=O)c3ccc4c(c3)CCC4)ccc2c1. The number of methoxy groups -OCH3 is 1. The molecular formula is C23H23NO2. The lowest BCUT2D eigenvalue weighted by Crippen LogP contribution is -2.26. The molecule has 0 radical (unpaired) electrons. The van der Waals surface area contributed by atoms with Crippen LogP contribution in [0.4, 0.5) is 0 Å². The Morgan fingerprint density at radius 2 is 1.73 bits per heavy atom. The Balaban J connectivity index is 1.52. The van der Waals surface area contributed by atoms with Crippen LogP contribution in [0.1, 0.15) is 33.5 Å². The largest absolute Gasteiger partial charge is 0.497 e. The van der Waals surface area contributed by atoms with Crippen LogP contribution in [0.3, 0.4) is 0 Å². The molecule has 0 spiro atoms. The number of hydrogen-bond donors (Lipinski definition) is 0. The molecule has 3 aromatic rings. The summed E-state index contributed by atoms with van der Waals surface area (Å²) >= 11 is 0. The highest BCUT2D eigenvalue weighted by molar-refractivity contribution is 5.94. The number of aryl methyl sites for hydroxylation is 2. The quantitative estimate of drug-likeness (QED) is 0.691. The van der Waals surface area contributed by atoms with Crippen molar-refractivity contribution in [1.82, 2.24) is 4.90 Å². The Morgan fingerprint density at radius 3 is 2.58 bits per heavy atom. The van der Waals surface area contributed by atoms with Crippen LogP contribution in [-0.4, -0.2) is 25.0 Å². The first-order chi connectivity index (χ1) is 12.6. The first-order valence-electron chi connectivity index (χ1n) is 9.08. The fourth-order valence-electron chi connectivity index (χ4n) is 3.77. The lowest BCUT2D eigenvalue weighted by Gasteiger charge is -2.18. The lowest BCUT2D eigenvalue weighted by molar-refractivity contribution is 0.0785. The Bertz CT molecular complexity index is 977. The fourth-order valence-corrected chi connectivity index (χ4v) is 3.77. The van der Waals surface area contributed by atoms with Gasteiger partial charge in [0.1, 0.15) is 5.75 Å². The minimum atomic E-state index is 0.0783. The molecule has 4 rings (SSSR count). The van der Waals surface area contributed by atoms with Crippen molar-refractivity contribution in [3.63, 3.8) is 0 Å². The van der Waals surface area contributed by atoms with E-state index in [2.05, 4.69) is 36.4 Å². The zero-order chi connectivity index (χ0) is 18.1. The molecule has 1 aliphatic rings. The topological polar surface area (TPSA) is 29.5 Å². The molecule has 0 bridgehead atoms. The second-order valence-corrected chi connectivity index (χ2v) is 7.05. The number of hydrogen-bond acceptors (Lipinski definition) is 2. The number of amides is 1. The Hall–Kier alpha value is -2.81. The van der Waals surface area contributed by atoms with E-state index in [1.165, 1.54) is 17.5 Å². The molecule has 0 aliphatic heterocycles. The van der Waals surface area contributed by atoms with Gasteiger partial charge >= 0.3 is 0 Å². The van der Waals surface area contributed by atoms with Gasteiger partial charge in [-0.25, -0.2) is 0 Å². The van der Waals surface area contributed by atoms with Crippen molar-refractivity contribution in [2.24, 2.45) is 0 Å². The van der Waals surface area contributed by atoms with Crippen molar-refractivity contribution in [1.29, 1.82) is 0 Å². The van der Waals surface area contributed by atoms with Crippen molar-refractivity contribution in [2.45, 2.75) is 25.8 Å². The molecule has 3 nitrogen and oxygen atoms in total. The Kier molecular flexibility index (Phi) is 4.37. The van der Waals surface area contributed by atoms with Crippen LogP contribution in [0.25, 0.3) is 10.8 Å². The highest BCUT2D eigenvalue weighted by atomic mass is 16.5. The summed E-state index contributed by atoms with van der Waals surface area (Å²) in [7, 11) is 3.54. The predicted molar refractivity (Wildman–Crippen MR) is 105 cm³/mol. The first-order valence-corrected chi connectivity index (χ1v) is 9.08.